The molecule has 0 bridgehead atoms. The number of amides is 2. The van der Waals surface area contributed by atoms with Gasteiger partial charge < -0.3 is 14.8 Å². The number of ether oxygens (including phenoxy) is 2. The van der Waals surface area contributed by atoms with Crippen LogP contribution in [-0.4, -0.2) is 42.1 Å². The van der Waals surface area contributed by atoms with Crippen LogP contribution in [0.5, 0.6) is 0 Å². The van der Waals surface area contributed by atoms with Gasteiger partial charge in [0.2, 0.25) is 5.91 Å². The van der Waals surface area contributed by atoms with Gasteiger partial charge in [-0.1, -0.05) is 54.6 Å². The molecule has 2 amide bonds. The molecule has 8 heteroatoms. The summed E-state index contributed by atoms with van der Waals surface area (Å²) < 4.78 is 10.3. The summed E-state index contributed by atoms with van der Waals surface area (Å²) in [6.45, 7) is 1.95. The predicted molar refractivity (Wildman–Crippen MR) is 119 cm³/mol. The normalized spacial score (nSPS) is 16.5. The van der Waals surface area contributed by atoms with Gasteiger partial charge in [0, 0.05) is 12.3 Å². The minimum Gasteiger partial charge on any atom is -0.467 e. The number of methoxy groups -OCH3 is 1. The van der Waals surface area contributed by atoms with E-state index in [0.29, 0.717) is 0 Å². The van der Waals surface area contributed by atoms with Crippen molar-refractivity contribution in [3.05, 3.63) is 71.3 Å². The van der Waals surface area contributed by atoms with Crippen LogP contribution in [0.3, 0.4) is 0 Å². The van der Waals surface area contributed by atoms with E-state index in [1.807, 2.05) is 54.6 Å². The number of nitriles is 1. The zero-order valence-electron chi connectivity index (χ0n) is 18.7. The second kappa shape index (κ2) is 11.1. The summed E-state index contributed by atoms with van der Waals surface area (Å²) >= 11 is 0. The largest absolute Gasteiger partial charge is 0.467 e. The summed E-state index contributed by atoms with van der Waals surface area (Å²) in [5, 5.41) is 11.8. The van der Waals surface area contributed by atoms with Crippen LogP contribution < -0.4 is 5.32 Å². The number of rotatable bonds is 7. The Morgan fingerprint density at radius 2 is 1.79 bits per heavy atom. The summed E-state index contributed by atoms with van der Waals surface area (Å²) in [6, 6.07) is 17.1. The Kier molecular flexibility index (Phi) is 8.03. The Hall–Kier alpha value is -3.86. The van der Waals surface area contributed by atoms with Crippen molar-refractivity contribution in [2.45, 2.75) is 45.0 Å². The zero-order chi connectivity index (χ0) is 23.8. The fourth-order valence-corrected chi connectivity index (χ4v) is 3.78. The third-order valence-corrected chi connectivity index (χ3v) is 5.60. The molecule has 1 N–H and O–H groups in total. The molecule has 2 aromatic rings. The van der Waals surface area contributed by atoms with E-state index in [2.05, 4.69) is 11.4 Å². The molecule has 172 valence electrons. The van der Waals surface area contributed by atoms with E-state index >= 15 is 0 Å². The third kappa shape index (κ3) is 6.10. The van der Waals surface area contributed by atoms with E-state index in [1.54, 1.807) is 6.92 Å². The summed E-state index contributed by atoms with van der Waals surface area (Å²) in [7, 11) is 1.22. The molecule has 1 aliphatic rings. The van der Waals surface area contributed by atoms with Gasteiger partial charge in [-0.05, 0) is 30.0 Å². The second-order valence-electron chi connectivity index (χ2n) is 8.01. The maximum Gasteiger partial charge on any atom is 0.411 e. The first-order valence-corrected chi connectivity index (χ1v) is 10.7. The van der Waals surface area contributed by atoms with Gasteiger partial charge in [0.25, 0.3) is 0 Å². The maximum atomic E-state index is 13.2. The van der Waals surface area contributed by atoms with Crippen molar-refractivity contribution >= 4 is 18.0 Å². The van der Waals surface area contributed by atoms with E-state index in [9.17, 15) is 14.4 Å². The van der Waals surface area contributed by atoms with Crippen LogP contribution in [0.25, 0.3) is 0 Å². The van der Waals surface area contributed by atoms with E-state index in [-0.39, 0.29) is 26.0 Å². The topological polar surface area (TPSA) is 109 Å². The van der Waals surface area contributed by atoms with Gasteiger partial charge in [0.1, 0.15) is 18.7 Å². The molecule has 0 aliphatic carbocycles. The number of fused-ring (bicyclic) bond motifs is 1. The number of carbonyl (C=O) groups excluding carboxylic acids is 3. The number of esters is 1. The molecule has 33 heavy (non-hydrogen) atoms. The smallest absolute Gasteiger partial charge is 0.411 e. The average Bonchev–Trinajstić information content (AvgIpc) is 2.85. The number of carbonyl (C=O) groups is 3. The van der Waals surface area contributed by atoms with Gasteiger partial charge in [-0.25, -0.2) is 9.59 Å². The standard InChI is InChI=1S/C25H27N3O5/c1-17(14-26)12-21(24(30)32-2)27-23(29)22-13-19-10-6-7-11-20(19)15-28(22)25(31)33-16-18-8-4-3-5-9-18/h3-11,17,21-22H,12-13,15-16H2,1-2H3,(H,27,29)/t17-,21-,22-/m0/s1. The Labute approximate surface area is 193 Å². The highest BCUT2D eigenvalue weighted by Gasteiger charge is 2.37. The molecular formula is C25H27N3O5. The number of nitrogens with one attached hydrogen (secondary N) is 1. The third-order valence-electron chi connectivity index (χ3n) is 5.60. The lowest BCUT2D eigenvalue weighted by Gasteiger charge is -2.35. The Morgan fingerprint density at radius 3 is 2.45 bits per heavy atom. The van der Waals surface area contributed by atoms with Gasteiger partial charge in [-0.2, -0.15) is 5.26 Å². The van der Waals surface area contributed by atoms with Crippen molar-refractivity contribution in [3.63, 3.8) is 0 Å². The van der Waals surface area contributed by atoms with Crippen molar-refractivity contribution in [1.82, 2.24) is 10.2 Å². The molecule has 0 fully saturated rings. The summed E-state index contributed by atoms with van der Waals surface area (Å²) in [5.74, 6) is -1.60. The molecular weight excluding hydrogens is 422 g/mol. The number of hydrogen-bond donors (Lipinski definition) is 1. The minimum absolute atomic E-state index is 0.0800. The molecule has 8 nitrogen and oxygen atoms in total. The molecule has 0 unspecified atom stereocenters. The highest BCUT2D eigenvalue weighted by atomic mass is 16.6. The first-order chi connectivity index (χ1) is 15.9. The van der Waals surface area contributed by atoms with Crippen molar-refractivity contribution in [1.29, 1.82) is 5.26 Å². The quantitative estimate of drug-likeness (QED) is 0.651. The first kappa shape index (κ1) is 23.8. The molecule has 3 rings (SSSR count). The van der Waals surface area contributed by atoms with E-state index in [0.717, 1.165) is 16.7 Å². The molecule has 0 spiro atoms. The van der Waals surface area contributed by atoms with Crippen LogP contribution in [0, 0.1) is 17.2 Å². The zero-order valence-corrected chi connectivity index (χ0v) is 18.7. The summed E-state index contributed by atoms with van der Waals surface area (Å²) in [5.41, 5.74) is 2.71. The van der Waals surface area contributed by atoms with Crippen LogP contribution >= 0.6 is 0 Å². The Bertz CT molecular complexity index is 1030. The van der Waals surface area contributed by atoms with Crippen molar-refractivity contribution in [2.24, 2.45) is 5.92 Å². The highest BCUT2D eigenvalue weighted by Crippen LogP contribution is 2.25. The maximum absolute atomic E-state index is 13.2. The van der Waals surface area contributed by atoms with Gasteiger partial charge >= 0.3 is 12.1 Å². The molecule has 3 atom stereocenters. The van der Waals surface area contributed by atoms with Gasteiger partial charge in [0.15, 0.2) is 0 Å². The minimum atomic E-state index is -0.989. The van der Waals surface area contributed by atoms with Crippen LogP contribution in [0.15, 0.2) is 54.6 Å². The van der Waals surface area contributed by atoms with Crippen molar-refractivity contribution < 1.29 is 23.9 Å². The fourth-order valence-electron chi connectivity index (χ4n) is 3.78. The van der Waals surface area contributed by atoms with E-state index in [1.165, 1.54) is 12.0 Å². The fraction of sp³-hybridized carbons (Fsp3) is 0.360. The SMILES string of the molecule is COC(=O)[C@H](C[C@H](C)C#N)NC(=O)[C@@H]1Cc2ccccc2CN1C(=O)OCc1ccccc1. The molecule has 0 radical (unpaired) electrons. The predicted octanol–water partition coefficient (Wildman–Crippen LogP) is 2.96. The lowest BCUT2D eigenvalue weighted by Crippen LogP contribution is -2.55. The molecule has 0 saturated carbocycles. The summed E-state index contributed by atoms with van der Waals surface area (Å²) in [4.78, 5) is 39.8. The van der Waals surface area contributed by atoms with Crippen LogP contribution in [-0.2, 0) is 38.6 Å². The highest BCUT2D eigenvalue weighted by molar-refractivity contribution is 5.90. The second-order valence-corrected chi connectivity index (χ2v) is 8.01. The van der Waals surface area contributed by atoms with E-state index < -0.39 is 36.0 Å². The summed E-state index contributed by atoms with van der Waals surface area (Å²) in [6.07, 6.45) is -0.227. The first-order valence-electron chi connectivity index (χ1n) is 10.7. The lowest BCUT2D eigenvalue weighted by molar-refractivity contribution is -0.146. The Balaban J connectivity index is 1.79. The molecule has 0 aromatic heterocycles. The molecule has 1 heterocycles. The van der Waals surface area contributed by atoms with Gasteiger partial charge in [-0.3, -0.25) is 9.69 Å². The van der Waals surface area contributed by atoms with Gasteiger partial charge in [0.05, 0.1) is 19.7 Å². The van der Waals surface area contributed by atoms with Crippen LogP contribution in [0.2, 0.25) is 0 Å². The van der Waals surface area contributed by atoms with Crippen molar-refractivity contribution in [3.8, 4) is 6.07 Å². The van der Waals surface area contributed by atoms with Crippen LogP contribution in [0.1, 0.15) is 30.0 Å². The number of hydrogen-bond acceptors (Lipinski definition) is 6. The van der Waals surface area contributed by atoms with Crippen LogP contribution in [0.4, 0.5) is 4.79 Å². The molecule has 1 aliphatic heterocycles. The number of nitrogens with zero attached hydrogens (tertiary/aromatic N) is 2. The average molecular weight is 450 g/mol. The lowest BCUT2D eigenvalue weighted by atomic mass is 9.93. The Morgan fingerprint density at radius 1 is 1.12 bits per heavy atom. The van der Waals surface area contributed by atoms with Crippen molar-refractivity contribution in [2.75, 3.05) is 7.11 Å². The van der Waals surface area contributed by atoms with Gasteiger partial charge in [-0.15, -0.1) is 0 Å². The molecule has 0 saturated heterocycles. The molecule has 2 aromatic carbocycles. The number of benzene rings is 2. The monoisotopic (exact) mass is 449 g/mol. The van der Waals surface area contributed by atoms with E-state index in [4.69, 9.17) is 14.7 Å².